The van der Waals surface area contributed by atoms with Gasteiger partial charge in [-0.25, -0.2) is 0 Å². The SMILES string of the molecule is CC1CCCN(c2ccc(C(C)NC(=O)C3CCN(Cc4nc(-c5ccc(C(C)(C)C)cc5)no4)CC3)cc2)C1. The molecule has 2 aliphatic heterocycles. The Balaban J connectivity index is 1.08. The molecule has 2 aromatic carbocycles. The first-order valence-corrected chi connectivity index (χ1v) is 15.0. The molecule has 0 radical (unpaired) electrons. The Morgan fingerprint density at radius 1 is 1.02 bits per heavy atom. The minimum absolute atomic E-state index is 0.00543. The maximum absolute atomic E-state index is 13.1. The predicted octanol–water partition coefficient (Wildman–Crippen LogP) is 6.36. The number of carbonyl (C=O) groups excluding carboxylic acids is 1. The van der Waals surface area contributed by atoms with Crippen molar-refractivity contribution in [2.75, 3.05) is 31.1 Å². The topological polar surface area (TPSA) is 74.5 Å². The second kappa shape index (κ2) is 12.1. The first-order chi connectivity index (χ1) is 19.2. The lowest BCUT2D eigenvalue weighted by atomic mass is 9.87. The molecule has 0 aliphatic carbocycles. The van der Waals surface area contributed by atoms with E-state index in [4.69, 9.17) is 4.52 Å². The normalized spacial score (nSPS) is 19.9. The van der Waals surface area contributed by atoms with Crippen molar-refractivity contribution in [3.63, 3.8) is 0 Å². The van der Waals surface area contributed by atoms with Crippen molar-refractivity contribution in [1.82, 2.24) is 20.4 Å². The fraction of sp³-hybridized carbons (Fsp3) is 0.545. The van der Waals surface area contributed by atoms with Gasteiger partial charge in [0.1, 0.15) is 0 Å². The molecule has 0 saturated carbocycles. The van der Waals surface area contributed by atoms with Gasteiger partial charge in [0, 0.05) is 30.3 Å². The first kappa shape index (κ1) is 28.3. The summed E-state index contributed by atoms with van der Waals surface area (Å²) in [5, 5.41) is 7.46. The molecule has 2 aliphatic rings. The van der Waals surface area contributed by atoms with Gasteiger partial charge < -0.3 is 14.7 Å². The Bertz CT molecular complexity index is 1250. The summed E-state index contributed by atoms with van der Waals surface area (Å²) in [7, 11) is 0. The van der Waals surface area contributed by atoms with Crippen LogP contribution < -0.4 is 10.2 Å². The van der Waals surface area contributed by atoms with E-state index in [9.17, 15) is 4.79 Å². The van der Waals surface area contributed by atoms with Gasteiger partial charge >= 0.3 is 0 Å². The molecule has 5 rings (SSSR count). The van der Waals surface area contributed by atoms with Crippen LogP contribution in [0.4, 0.5) is 5.69 Å². The fourth-order valence-corrected chi connectivity index (χ4v) is 5.91. The number of likely N-dealkylation sites (tertiary alicyclic amines) is 1. The van der Waals surface area contributed by atoms with Crippen molar-refractivity contribution in [3.05, 3.63) is 65.5 Å². The third-order valence-electron chi connectivity index (χ3n) is 8.57. The number of nitrogens with zero attached hydrogens (tertiary/aromatic N) is 4. The van der Waals surface area contributed by atoms with E-state index in [2.05, 4.69) is 108 Å². The predicted molar refractivity (Wildman–Crippen MR) is 160 cm³/mol. The van der Waals surface area contributed by atoms with E-state index in [1.807, 2.05) is 0 Å². The van der Waals surface area contributed by atoms with Crippen molar-refractivity contribution < 1.29 is 9.32 Å². The van der Waals surface area contributed by atoms with Crippen molar-refractivity contribution in [2.45, 2.75) is 78.3 Å². The highest BCUT2D eigenvalue weighted by atomic mass is 16.5. The van der Waals surface area contributed by atoms with Crippen LogP contribution in [0.1, 0.15) is 83.4 Å². The van der Waals surface area contributed by atoms with Crippen LogP contribution in [0.5, 0.6) is 0 Å². The number of anilines is 1. The molecule has 1 N–H and O–H groups in total. The average molecular weight is 544 g/mol. The fourth-order valence-electron chi connectivity index (χ4n) is 5.91. The minimum Gasteiger partial charge on any atom is -0.371 e. The van der Waals surface area contributed by atoms with Crippen LogP contribution in [-0.4, -0.2) is 47.1 Å². The quantitative estimate of drug-likeness (QED) is 0.374. The summed E-state index contributed by atoms with van der Waals surface area (Å²) < 4.78 is 5.56. The van der Waals surface area contributed by atoms with Crippen LogP contribution in [-0.2, 0) is 16.8 Å². The van der Waals surface area contributed by atoms with Gasteiger partial charge in [0.15, 0.2) is 0 Å². The zero-order valence-corrected chi connectivity index (χ0v) is 24.8. The Morgan fingerprint density at radius 3 is 2.38 bits per heavy atom. The standard InChI is InChI=1S/C33H45N5O2/c1-23-7-6-18-38(21-23)29-14-10-25(11-15-29)24(2)34-32(39)27-16-19-37(20-17-27)22-30-35-31(36-40-30)26-8-12-28(13-9-26)33(3,4)5/h8-15,23-24,27H,6-7,16-22H2,1-5H3,(H,34,39). The Kier molecular flexibility index (Phi) is 8.60. The maximum atomic E-state index is 13.1. The molecule has 0 bridgehead atoms. The Hall–Kier alpha value is -3.19. The Labute approximate surface area is 239 Å². The third-order valence-corrected chi connectivity index (χ3v) is 8.57. The second-order valence-corrected chi connectivity index (χ2v) is 12.9. The van der Waals surface area contributed by atoms with Gasteiger partial charge in [-0.2, -0.15) is 4.98 Å². The smallest absolute Gasteiger partial charge is 0.241 e. The van der Waals surface area contributed by atoms with Crippen molar-refractivity contribution >= 4 is 11.6 Å². The molecule has 40 heavy (non-hydrogen) atoms. The zero-order valence-electron chi connectivity index (χ0n) is 24.8. The number of carbonyl (C=O) groups is 1. The van der Waals surface area contributed by atoms with Crippen molar-refractivity contribution in [1.29, 1.82) is 0 Å². The summed E-state index contributed by atoms with van der Waals surface area (Å²) in [5.41, 5.74) is 4.79. The molecule has 2 saturated heterocycles. The number of hydrogen-bond acceptors (Lipinski definition) is 6. The second-order valence-electron chi connectivity index (χ2n) is 12.9. The highest BCUT2D eigenvalue weighted by Crippen LogP contribution is 2.27. The lowest BCUT2D eigenvalue weighted by Crippen LogP contribution is -2.41. The summed E-state index contributed by atoms with van der Waals surface area (Å²) in [6.07, 6.45) is 4.25. The van der Waals surface area contributed by atoms with Crippen LogP contribution >= 0.6 is 0 Å². The molecule has 2 atom stereocenters. The molecule has 7 heteroatoms. The van der Waals surface area contributed by atoms with Crippen LogP contribution in [0.25, 0.3) is 11.4 Å². The number of rotatable bonds is 7. The van der Waals surface area contributed by atoms with Gasteiger partial charge in [-0.15, -0.1) is 0 Å². The van der Waals surface area contributed by atoms with Crippen molar-refractivity contribution in [2.24, 2.45) is 11.8 Å². The highest BCUT2D eigenvalue weighted by molar-refractivity contribution is 5.79. The highest BCUT2D eigenvalue weighted by Gasteiger charge is 2.27. The monoisotopic (exact) mass is 543 g/mol. The summed E-state index contributed by atoms with van der Waals surface area (Å²) in [6.45, 7) is 15.6. The van der Waals surface area contributed by atoms with Crippen LogP contribution in [0.2, 0.25) is 0 Å². The molecule has 3 heterocycles. The molecule has 0 spiro atoms. The summed E-state index contributed by atoms with van der Waals surface area (Å²) in [4.78, 5) is 22.5. The first-order valence-electron chi connectivity index (χ1n) is 15.0. The molecule has 1 amide bonds. The molecular weight excluding hydrogens is 498 g/mol. The lowest BCUT2D eigenvalue weighted by Gasteiger charge is -2.33. The van der Waals surface area contributed by atoms with E-state index < -0.39 is 0 Å². The van der Waals surface area contributed by atoms with Gasteiger partial charge in [-0.3, -0.25) is 9.69 Å². The van der Waals surface area contributed by atoms with Crippen molar-refractivity contribution in [3.8, 4) is 11.4 Å². The van der Waals surface area contributed by atoms with E-state index >= 15 is 0 Å². The van der Waals surface area contributed by atoms with Crippen LogP contribution in [0.15, 0.2) is 53.1 Å². The molecule has 214 valence electrons. The van der Waals surface area contributed by atoms with Gasteiger partial charge in [-0.1, -0.05) is 69.2 Å². The van der Waals surface area contributed by atoms with E-state index in [1.165, 1.54) is 24.1 Å². The number of aromatic nitrogens is 2. The third kappa shape index (κ3) is 6.92. The summed E-state index contributed by atoms with van der Waals surface area (Å²) in [6, 6.07) is 17.1. The molecule has 7 nitrogen and oxygen atoms in total. The molecular formula is C33H45N5O2. The van der Waals surface area contributed by atoms with Gasteiger partial charge in [0.2, 0.25) is 17.6 Å². The molecule has 3 aromatic rings. The average Bonchev–Trinajstić information content (AvgIpc) is 3.41. The summed E-state index contributed by atoms with van der Waals surface area (Å²) in [5.74, 6) is 2.18. The van der Waals surface area contributed by atoms with Crippen LogP contribution in [0, 0.1) is 11.8 Å². The van der Waals surface area contributed by atoms with Gasteiger partial charge in [-0.05, 0) is 80.3 Å². The number of piperidine rings is 2. The van der Waals surface area contributed by atoms with E-state index in [1.54, 1.807) is 0 Å². The number of benzene rings is 2. The zero-order chi connectivity index (χ0) is 28.3. The molecule has 1 aromatic heterocycles. The molecule has 2 unspecified atom stereocenters. The maximum Gasteiger partial charge on any atom is 0.241 e. The summed E-state index contributed by atoms with van der Waals surface area (Å²) >= 11 is 0. The van der Waals surface area contributed by atoms with Gasteiger partial charge in [0.05, 0.1) is 12.6 Å². The van der Waals surface area contributed by atoms with Gasteiger partial charge in [0.25, 0.3) is 0 Å². The minimum atomic E-state index is -0.00543. The van der Waals surface area contributed by atoms with E-state index in [0.29, 0.717) is 18.3 Å². The van der Waals surface area contributed by atoms with E-state index in [0.717, 1.165) is 56.1 Å². The lowest BCUT2D eigenvalue weighted by molar-refractivity contribution is -0.127. The van der Waals surface area contributed by atoms with E-state index in [-0.39, 0.29) is 23.3 Å². The Morgan fingerprint density at radius 2 is 1.73 bits per heavy atom. The molecule has 2 fully saturated rings. The number of hydrogen-bond donors (Lipinski definition) is 1. The number of amides is 1. The number of nitrogens with one attached hydrogen (secondary N) is 1. The van der Waals surface area contributed by atoms with Crippen LogP contribution in [0.3, 0.4) is 0 Å². The largest absolute Gasteiger partial charge is 0.371 e.